The predicted molar refractivity (Wildman–Crippen MR) is 99.0 cm³/mol. The Kier molecular flexibility index (Phi) is 6.11. The molecule has 1 aliphatic rings. The number of piperidine rings is 1. The Morgan fingerprint density at radius 3 is 2.77 bits per heavy atom. The molecule has 0 bridgehead atoms. The molecular weight excluding hydrogens is 354 g/mol. The number of aliphatic hydroxyl groups is 1. The first-order chi connectivity index (χ1) is 12.6. The monoisotopic (exact) mass is 377 g/mol. The molecule has 2 N–H and O–H groups in total. The van der Waals surface area contributed by atoms with Gasteiger partial charge in [-0.2, -0.15) is 0 Å². The van der Waals surface area contributed by atoms with Gasteiger partial charge in [0.1, 0.15) is 12.4 Å². The van der Waals surface area contributed by atoms with E-state index in [-0.39, 0.29) is 18.6 Å². The molecule has 0 unspecified atom stereocenters. The van der Waals surface area contributed by atoms with E-state index < -0.39 is 0 Å². The van der Waals surface area contributed by atoms with Crippen LogP contribution in [0.4, 0.5) is 4.79 Å². The number of carbonyl (C=O) groups excluding carboxylic acids is 1. The number of carbonyl (C=O) groups is 1. The predicted octanol–water partition coefficient (Wildman–Crippen LogP) is 2.09. The van der Waals surface area contributed by atoms with Crippen LogP contribution in [0.1, 0.15) is 36.0 Å². The van der Waals surface area contributed by atoms with E-state index >= 15 is 0 Å². The number of aliphatic hydroxyl groups excluding tert-OH is 1. The molecule has 1 aliphatic heterocycles. The van der Waals surface area contributed by atoms with E-state index in [0.29, 0.717) is 30.5 Å². The molecule has 0 saturated carbocycles. The van der Waals surface area contributed by atoms with Crippen LogP contribution in [0.15, 0.2) is 24.3 Å². The highest BCUT2D eigenvalue weighted by Gasteiger charge is 2.27. The van der Waals surface area contributed by atoms with Gasteiger partial charge < -0.3 is 19.9 Å². The summed E-state index contributed by atoms with van der Waals surface area (Å²) in [5.74, 6) is 1.72. The van der Waals surface area contributed by atoms with Crippen LogP contribution in [0.3, 0.4) is 0 Å². The Hall–Kier alpha value is -2.12. The molecule has 0 atom stereocenters. The van der Waals surface area contributed by atoms with Gasteiger partial charge in [-0.25, -0.2) is 4.79 Å². The summed E-state index contributed by atoms with van der Waals surface area (Å²) in [6.45, 7) is 1.85. The van der Waals surface area contributed by atoms with Crippen molar-refractivity contribution >= 4 is 17.6 Å². The lowest BCUT2D eigenvalue weighted by molar-refractivity contribution is 0.180. The standard InChI is InChI=1S/C18H24ClN5O2/c1-23-16(12-25)21-22-17(23)14-6-9-24(10-7-14)18(26)20-8-5-13-3-2-4-15(19)11-13/h2-4,11,14,25H,5-10,12H2,1H3,(H,20,26). The van der Waals surface area contributed by atoms with Crippen molar-refractivity contribution in [2.75, 3.05) is 19.6 Å². The smallest absolute Gasteiger partial charge is 0.317 e. The van der Waals surface area contributed by atoms with Gasteiger partial charge in [-0.15, -0.1) is 10.2 Å². The molecule has 2 aromatic rings. The lowest BCUT2D eigenvalue weighted by atomic mass is 9.96. The topological polar surface area (TPSA) is 83.3 Å². The molecule has 26 heavy (non-hydrogen) atoms. The number of aromatic nitrogens is 3. The van der Waals surface area contributed by atoms with Crippen LogP contribution in [0.25, 0.3) is 0 Å². The van der Waals surface area contributed by atoms with Crippen LogP contribution in [0.2, 0.25) is 5.02 Å². The molecular formula is C18H24ClN5O2. The quantitative estimate of drug-likeness (QED) is 0.835. The Morgan fingerprint density at radius 2 is 2.12 bits per heavy atom. The number of hydrogen-bond acceptors (Lipinski definition) is 4. The maximum Gasteiger partial charge on any atom is 0.317 e. The molecule has 2 heterocycles. The lowest BCUT2D eigenvalue weighted by Gasteiger charge is -2.31. The van der Waals surface area contributed by atoms with Crippen molar-refractivity contribution in [1.29, 1.82) is 0 Å². The third-order valence-corrected chi connectivity index (χ3v) is 5.10. The van der Waals surface area contributed by atoms with E-state index in [1.807, 2.05) is 40.8 Å². The maximum absolute atomic E-state index is 12.3. The molecule has 1 saturated heterocycles. The van der Waals surface area contributed by atoms with Crippen molar-refractivity contribution in [1.82, 2.24) is 25.0 Å². The Balaban J connectivity index is 1.45. The summed E-state index contributed by atoms with van der Waals surface area (Å²) in [5.41, 5.74) is 1.11. The average Bonchev–Trinajstić information content (AvgIpc) is 3.02. The summed E-state index contributed by atoms with van der Waals surface area (Å²) < 4.78 is 1.85. The van der Waals surface area contributed by atoms with Crippen molar-refractivity contribution in [2.24, 2.45) is 7.05 Å². The first-order valence-electron chi connectivity index (χ1n) is 8.84. The molecule has 2 amide bonds. The van der Waals surface area contributed by atoms with E-state index in [0.717, 1.165) is 30.7 Å². The van der Waals surface area contributed by atoms with E-state index in [2.05, 4.69) is 15.5 Å². The minimum atomic E-state index is -0.114. The van der Waals surface area contributed by atoms with Gasteiger partial charge in [-0.05, 0) is 37.0 Å². The van der Waals surface area contributed by atoms with Crippen molar-refractivity contribution in [3.8, 4) is 0 Å². The number of nitrogens with zero attached hydrogens (tertiary/aromatic N) is 4. The van der Waals surface area contributed by atoms with Crippen LogP contribution in [0, 0.1) is 0 Å². The van der Waals surface area contributed by atoms with E-state index in [1.54, 1.807) is 0 Å². The number of nitrogens with one attached hydrogen (secondary N) is 1. The molecule has 1 aromatic carbocycles. The molecule has 8 heteroatoms. The average molecular weight is 378 g/mol. The van der Waals surface area contributed by atoms with Crippen LogP contribution < -0.4 is 5.32 Å². The second-order valence-corrected chi connectivity index (χ2v) is 7.00. The summed E-state index contributed by atoms with van der Waals surface area (Å²) in [4.78, 5) is 14.2. The number of likely N-dealkylation sites (tertiary alicyclic amines) is 1. The number of benzene rings is 1. The highest BCUT2D eigenvalue weighted by Crippen LogP contribution is 2.26. The minimum absolute atomic E-state index is 0.0282. The molecule has 0 spiro atoms. The van der Waals surface area contributed by atoms with Gasteiger partial charge in [0.15, 0.2) is 5.82 Å². The molecule has 7 nitrogen and oxygen atoms in total. The van der Waals surface area contributed by atoms with Crippen LogP contribution in [0.5, 0.6) is 0 Å². The molecule has 0 aliphatic carbocycles. The van der Waals surface area contributed by atoms with Gasteiger partial charge in [-0.1, -0.05) is 23.7 Å². The number of urea groups is 1. The third kappa shape index (κ3) is 4.34. The zero-order valence-corrected chi connectivity index (χ0v) is 15.6. The Bertz CT molecular complexity index is 756. The van der Waals surface area contributed by atoms with E-state index in [9.17, 15) is 9.90 Å². The van der Waals surface area contributed by atoms with Crippen molar-refractivity contribution in [2.45, 2.75) is 31.8 Å². The normalized spacial score (nSPS) is 15.3. The fourth-order valence-electron chi connectivity index (χ4n) is 3.33. The highest BCUT2D eigenvalue weighted by molar-refractivity contribution is 6.30. The largest absolute Gasteiger partial charge is 0.388 e. The second-order valence-electron chi connectivity index (χ2n) is 6.56. The fourth-order valence-corrected chi connectivity index (χ4v) is 3.54. The summed E-state index contributed by atoms with van der Waals surface area (Å²) in [6.07, 6.45) is 2.45. The minimum Gasteiger partial charge on any atom is -0.388 e. The summed E-state index contributed by atoms with van der Waals surface area (Å²) in [6, 6.07) is 7.65. The van der Waals surface area contributed by atoms with Gasteiger partial charge >= 0.3 is 6.03 Å². The number of rotatable bonds is 5. The van der Waals surface area contributed by atoms with Gasteiger partial charge in [0.05, 0.1) is 0 Å². The van der Waals surface area contributed by atoms with E-state index in [4.69, 9.17) is 11.6 Å². The van der Waals surface area contributed by atoms with Crippen molar-refractivity contribution < 1.29 is 9.90 Å². The van der Waals surface area contributed by atoms with Gasteiger partial charge in [-0.3, -0.25) is 0 Å². The molecule has 140 valence electrons. The Morgan fingerprint density at radius 1 is 1.35 bits per heavy atom. The summed E-state index contributed by atoms with van der Waals surface area (Å²) >= 11 is 5.97. The molecule has 1 aromatic heterocycles. The zero-order valence-electron chi connectivity index (χ0n) is 14.9. The Labute approximate surface area is 158 Å². The van der Waals surface area contributed by atoms with Gasteiger partial charge in [0.25, 0.3) is 0 Å². The number of halogens is 1. The van der Waals surface area contributed by atoms with Crippen LogP contribution in [-0.2, 0) is 20.1 Å². The van der Waals surface area contributed by atoms with Crippen LogP contribution >= 0.6 is 11.6 Å². The van der Waals surface area contributed by atoms with E-state index in [1.165, 1.54) is 0 Å². The SMILES string of the molecule is Cn1c(CO)nnc1C1CCN(C(=O)NCCc2cccc(Cl)c2)CC1. The first-order valence-corrected chi connectivity index (χ1v) is 9.22. The van der Waals surface area contributed by atoms with Gasteiger partial charge in [0.2, 0.25) is 0 Å². The molecule has 1 fully saturated rings. The maximum atomic E-state index is 12.3. The lowest BCUT2D eigenvalue weighted by Crippen LogP contribution is -2.44. The van der Waals surface area contributed by atoms with Crippen LogP contribution in [-0.4, -0.2) is 50.4 Å². The summed E-state index contributed by atoms with van der Waals surface area (Å²) in [7, 11) is 1.87. The fraction of sp³-hybridized carbons (Fsp3) is 0.500. The first kappa shape index (κ1) is 18.7. The second kappa shape index (κ2) is 8.51. The molecule has 0 radical (unpaired) electrons. The van der Waals surface area contributed by atoms with Crippen molar-refractivity contribution in [3.05, 3.63) is 46.5 Å². The summed E-state index contributed by atoms with van der Waals surface area (Å²) in [5, 5.41) is 21.1. The molecule has 3 rings (SSSR count). The highest BCUT2D eigenvalue weighted by atomic mass is 35.5. The zero-order chi connectivity index (χ0) is 18.5. The van der Waals surface area contributed by atoms with Crippen molar-refractivity contribution in [3.63, 3.8) is 0 Å². The number of amides is 2. The van der Waals surface area contributed by atoms with Gasteiger partial charge in [0, 0.05) is 37.6 Å². The third-order valence-electron chi connectivity index (χ3n) is 4.87. The number of hydrogen-bond donors (Lipinski definition) is 2.